The quantitative estimate of drug-likeness (QED) is 0.469. The summed E-state index contributed by atoms with van der Waals surface area (Å²) in [5.41, 5.74) is 0. The molecular weight excluding hydrogens is 126 g/mol. The molecule has 3 nitrogen and oxygen atoms in total. The van der Waals surface area contributed by atoms with Crippen molar-refractivity contribution in [3.8, 4) is 6.07 Å². The molecule has 0 aliphatic carbocycles. The molecule has 0 radical (unpaired) electrons. The largest absolute Gasteiger partial charge is 0.227 e. The van der Waals surface area contributed by atoms with Gasteiger partial charge in [0, 0.05) is 0 Å². The molecule has 0 atom stereocenters. The van der Waals surface area contributed by atoms with Gasteiger partial charge in [0.1, 0.15) is 10.9 Å². The predicted molar refractivity (Wildman–Crippen MR) is 29.8 cm³/mol. The molecule has 8 heavy (non-hydrogen) atoms. The van der Waals surface area contributed by atoms with Crippen molar-refractivity contribution in [1.29, 1.82) is 5.26 Å². The van der Waals surface area contributed by atoms with E-state index < -0.39 is 10.3 Å². The van der Waals surface area contributed by atoms with Crippen LogP contribution in [0.1, 0.15) is 13.3 Å². The van der Waals surface area contributed by atoms with E-state index in [0.29, 0.717) is 0 Å². The smallest absolute Gasteiger partial charge is 0.192 e. The first-order valence-corrected chi connectivity index (χ1v) is 3.15. The van der Waals surface area contributed by atoms with Gasteiger partial charge in [0.05, 0.1) is 0 Å². The third-order valence-corrected chi connectivity index (χ3v) is 1.43. The minimum atomic E-state index is -2.30. The Morgan fingerprint density at radius 1 is 1.75 bits per heavy atom. The van der Waals surface area contributed by atoms with Gasteiger partial charge in [0.25, 0.3) is 0 Å². The van der Waals surface area contributed by atoms with Crippen molar-refractivity contribution in [2.75, 3.05) is 0 Å². The lowest BCUT2D eigenvalue weighted by Gasteiger charge is -1.73. The summed E-state index contributed by atoms with van der Waals surface area (Å²) in [5, 5.41) is 8.02. The molecular formula is C4H5NO2S. The lowest BCUT2D eigenvalue weighted by atomic mass is 10.4. The van der Waals surface area contributed by atoms with Crippen LogP contribution >= 0.6 is 0 Å². The Labute approximate surface area is 49.1 Å². The van der Waals surface area contributed by atoms with E-state index in [4.69, 9.17) is 5.26 Å². The SMILES string of the molecule is CCC(C#N)=S(=O)=O. The van der Waals surface area contributed by atoms with E-state index >= 15 is 0 Å². The first-order chi connectivity index (χ1) is 3.72. The highest BCUT2D eigenvalue weighted by Gasteiger charge is 1.90. The molecule has 0 aromatic carbocycles. The topological polar surface area (TPSA) is 57.9 Å². The Kier molecular flexibility index (Phi) is 2.89. The molecule has 0 amide bonds. The third-order valence-electron chi connectivity index (χ3n) is 0.647. The maximum atomic E-state index is 9.90. The zero-order valence-electron chi connectivity index (χ0n) is 4.38. The standard InChI is InChI=1S/C4H5NO2S/c1-2-4(3-5)8(6)7/h2H2,1H3. The fourth-order valence-corrected chi connectivity index (χ4v) is 0.544. The van der Waals surface area contributed by atoms with Crippen molar-refractivity contribution in [1.82, 2.24) is 0 Å². The van der Waals surface area contributed by atoms with Gasteiger partial charge < -0.3 is 0 Å². The Hall–Kier alpha value is -0.820. The number of hydrogen-bond donors (Lipinski definition) is 0. The van der Waals surface area contributed by atoms with Crippen molar-refractivity contribution >= 4 is 15.2 Å². The maximum absolute atomic E-state index is 9.90. The summed E-state index contributed by atoms with van der Waals surface area (Å²) in [6.45, 7) is 1.62. The lowest BCUT2D eigenvalue weighted by Crippen LogP contribution is -1.90. The zero-order chi connectivity index (χ0) is 6.57. The van der Waals surface area contributed by atoms with E-state index in [0.717, 1.165) is 0 Å². The fraction of sp³-hybridized carbons (Fsp3) is 0.500. The zero-order valence-corrected chi connectivity index (χ0v) is 5.20. The van der Waals surface area contributed by atoms with Crippen LogP contribution in [0.25, 0.3) is 0 Å². The average molecular weight is 131 g/mol. The van der Waals surface area contributed by atoms with E-state index in [1.54, 1.807) is 13.0 Å². The first kappa shape index (κ1) is 7.18. The van der Waals surface area contributed by atoms with Gasteiger partial charge in [-0.2, -0.15) is 13.7 Å². The van der Waals surface area contributed by atoms with Gasteiger partial charge in [-0.05, 0) is 6.42 Å². The summed E-state index contributed by atoms with van der Waals surface area (Å²) < 4.78 is 19.8. The predicted octanol–water partition coefficient (Wildman–Crippen LogP) is -0.0285. The van der Waals surface area contributed by atoms with Gasteiger partial charge in [0.2, 0.25) is 10.3 Å². The monoisotopic (exact) mass is 131 g/mol. The van der Waals surface area contributed by atoms with Crippen molar-refractivity contribution in [3.63, 3.8) is 0 Å². The molecule has 0 saturated heterocycles. The maximum Gasteiger partial charge on any atom is 0.227 e. The summed E-state index contributed by atoms with van der Waals surface area (Å²) in [6, 6.07) is 1.56. The Bertz CT molecular complexity index is 223. The van der Waals surface area contributed by atoms with Gasteiger partial charge >= 0.3 is 0 Å². The fourth-order valence-electron chi connectivity index (χ4n) is 0.234. The van der Waals surface area contributed by atoms with E-state index in [2.05, 4.69) is 0 Å². The number of hydrogen-bond acceptors (Lipinski definition) is 3. The highest BCUT2D eigenvalue weighted by Crippen LogP contribution is 1.76. The minimum absolute atomic E-state index is 0.0926. The molecule has 0 bridgehead atoms. The minimum Gasteiger partial charge on any atom is -0.192 e. The van der Waals surface area contributed by atoms with Crippen LogP contribution in [0.5, 0.6) is 0 Å². The van der Waals surface area contributed by atoms with Crippen LogP contribution in [0, 0.1) is 11.3 Å². The third kappa shape index (κ3) is 1.76. The van der Waals surface area contributed by atoms with Gasteiger partial charge in [-0.15, -0.1) is 0 Å². The summed E-state index contributed by atoms with van der Waals surface area (Å²) in [5.74, 6) is 0. The highest BCUT2D eigenvalue weighted by atomic mass is 32.2. The van der Waals surface area contributed by atoms with Crippen LogP contribution in [0.3, 0.4) is 0 Å². The normalized spacial score (nSPS) is 7.50. The number of nitrogens with zero attached hydrogens (tertiary/aromatic N) is 1. The Morgan fingerprint density at radius 3 is 2.25 bits per heavy atom. The number of nitriles is 1. The van der Waals surface area contributed by atoms with Crippen LogP contribution in [0.4, 0.5) is 0 Å². The molecule has 4 heteroatoms. The highest BCUT2D eigenvalue weighted by molar-refractivity contribution is 7.73. The summed E-state index contributed by atoms with van der Waals surface area (Å²) in [7, 11) is -2.30. The van der Waals surface area contributed by atoms with Crippen LogP contribution in [-0.2, 0) is 10.3 Å². The molecule has 0 saturated carbocycles. The molecule has 0 spiro atoms. The molecule has 0 aliphatic heterocycles. The van der Waals surface area contributed by atoms with Crippen molar-refractivity contribution in [2.45, 2.75) is 13.3 Å². The summed E-state index contributed by atoms with van der Waals surface area (Å²) in [6.07, 6.45) is 0.284. The molecule has 0 aromatic heterocycles. The second kappa shape index (κ2) is 3.22. The van der Waals surface area contributed by atoms with Gasteiger partial charge in [-0.1, -0.05) is 6.92 Å². The van der Waals surface area contributed by atoms with Crippen LogP contribution < -0.4 is 0 Å². The van der Waals surface area contributed by atoms with E-state index in [9.17, 15) is 8.42 Å². The molecule has 0 heterocycles. The molecule has 0 aromatic rings. The van der Waals surface area contributed by atoms with Gasteiger partial charge in [-0.25, -0.2) is 0 Å². The van der Waals surface area contributed by atoms with Gasteiger partial charge in [-0.3, -0.25) is 0 Å². The molecule has 0 N–H and O–H groups in total. The van der Waals surface area contributed by atoms with E-state index in [1.165, 1.54) is 0 Å². The van der Waals surface area contributed by atoms with E-state index in [-0.39, 0.29) is 11.3 Å². The second-order valence-corrected chi connectivity index (χ2v) is 2.09. The van der Waals surface area contributed by atoms with E-state index in [1.807, 2.05) is 0 Å². The molecule has 44 valence electrons. The molecule has 0 unspecified atom stereocenters. The van der Waals surface area contributed by atoms with Crippen molar-refractivity contribution in [2.24, 2.45) is 0 Å². The van der Waals surface area contributed by atoms with Crippen LogP contribution in [0.2, 0.25) is 0 Å². The number of rotatable bonds is 1. The van der Waals surface area contributed by atoms with Crippen molar-refractivity contribution < 1.29 is 8.42 Å². The van der Waals surface area contributed by atoms with Crippen molar-refractivity contribution in [3.05, 3.63) is 0 Å². The van der Waals surface area contributed by atoms with Gasteiger partial charge in [0.15, 0.2) is 0 Å². The molecule has 0 fully saturated rings. The summed E-state index contributed by atoms with van der Waals surface area (Å²) >= 11 is 0. The lowest BCUT2D eigenvalue weighted by molar-refractivity contribution is 0.627. The average Bonchev–Trinajstić information content (AvgIpc) is 1.69. The van der Waals surface area contributed by atoms with Crippen LogP contribution in [0.15, 0.2) is 0 Å². The Morgan fingerprint density at radius 2 is 2.25 bits per heavy atom. The first-order valence-electron chi connectivity index (χ1n) is 2.07. The molecule has 0 aliphatic rings. The second-order valence-electron chi connectivity index (χ2n) is 1.12. The summed E-state index contributed by atoms with van der Waals surface area (Å²) in [4.78, 5) is -0.0926. The molecule has 0 rings (SSSR count). The Balaban J connectivity index is 4.69. The van der Waals surface area contributed by atoms with Crippen LogP contribution in [-0.4, -0.2) is 13.3 Å².